The van der Waals surface area contributed by atoms with E-state index in [-0.39, 0.29) is 30.2 Å². The van der Waals surface area contributed by atoms with Crippen molar-refractivity contribution in [2.45, 2.75) is 38.6 Å². The second kappa shape index (κ2) is 6.78. The molecule has 0 spiro atoms. The van der Waals surface area contributed by atoms with Crippen LogP contribution in [0.25, 0.3) is 0 Å². The molecule has 2 unspecified atom stereocenters. The quantitative estimate of drug-likeness (QED) is 0.707. The van der Waals surface area contributed by atoms with Crippen molar-refractivity contribution in [3.05, 3.63) is 18.7 Å². The van der Waals surface area contributed by atoms with Crippen LogP contribution >= 0.6 is 0 Å². The molecule has 0 saturated heterocycles. The van der Waals surface area contributed by atoms with E-state index in [4.69, 9.17) is 11.5 Å². The SMILES string of the molecule is CCC(C(CCCC(N)=O)C(N)=O)n1ccnc1. The minimum Gasteiger partial charge on any atom is -0.370 e. The van der Waals surface area contributed by atoms with Gasteiger partial charge in [0.1, 0.15) is 0 Å². The molecule has 0 aliphatic heterocycles. The Morgan fingerprint density at radius 3 is 2.56 bits per heavy atom. The highest BCUT2D eigenvalue weighted by Crippen LogP contribution is 2.26. The van der Waals surface area contributed by atoms with E-state index in [9.17, 15) is 9.59 Å². The monoisotopic (exact) mass is 252 g/mol. The molecular formula is C12H20N4O2. The maximum atomic E-state index is 11.5. The van der Waals surface area contributed by atoms with Gasteiger partial charge in [-0.1, -0.05) is 6.92 Å². The van der Waals surface area contributed by atoms with E-state index in [0.717, 1.165) is 6.42 Å². The second-order valence-corrected chi connectivity index (χ2v) is 4.35. The minimum absolute atomic E-state index is 0.0159. The van der Waals surface area contributed by atoms with Gasteiger partial charge < -0.3 is 16.0 Å². The molecule has 0 bridgehead atoms. The molecule has 0 aliphatic rings. The number of aromatic nitrogens is 2. The van der Waals surface area contributed by atoms with Gasteiger partial charge in [-0.15, -0.1) is 0 Å². The molecule has 6 nitrogen and oxygen atoms in total. The largest absolute Gasteiger partial charge is 0.370 e. The number of nitrogens with two attached hydrogens (primary N) is 2. The third-order valence-electron chi connectivity index (χ3n) is 3.09. The van der Waals surface area contributed by atoms with Crippen molar-refractivity contribution in [3.63, 3.8) is 0 Å². The number of imidazole rings is 1. The molecule has 2 amide bonds. The van der Waals surface area contributed by atoms with Crippen molar-refractivity contribution in [3.8, 4) is 0 Å². The van der Waals surface area contributed by atoms with Gasteiger partial charge in [-0.25, -0.2) is 4.98 Å². The summed E-state index contributed by atoms with van der Waals surface area (Å²) in [6.07, 6.45) is 7.37. The zero-order chi connectivity index (χ0) is 13.5. The van der Waals surface area contributed by atoms with Crippen LogP contribution in [0.5, 0.6) is 0 Å². The van der Waals surface area contributed by atoms with Crippen molar-refractivity contribution in [2.24, 2.45) is 17.4 Å². The van der Waals surface area contributed by atoms with Gasteiger partial charge in [-0.2, -0.15) is 0 Å². The van der Waals surface area contributed by atoms with Crippen LogP contribution in [0.2, 0.25) is 0 Å². The average molecular weight is 252 g/mol. The van der Waals surface area contributed by atoms with Crippen LogP contribution in [0.15, 0.2) is 18.7 Å². The van der Waals surface area contributed by atoms with Gasteiger partial charge in [0, 0.05) is 24.9 Å². The number of hydrogen-bond donors (Lipinski definition) is 2. The number of rotatable bonds is 8. The van der Waals surface area contributed by atoms with Crippen molar-refractivity contribution in [1.82, 2.24) is 9.55 Å². The van der Waals surface area contributed by atoms with E-state index >= 15 is 0 Å². The van der Waals surface area contributed by atoms with Gasteiger partial charge in [0.05, 0.1) is 12.2 Å². The van der Waals surface area contributed by atoms with Crippen molar-refractivity contribution >= 4 is 11.8 Å². The Morgan fingerprint density at radius 1 is 1.39 bits per heavy atom. The van der Waals surface area contributed by atoms with Crippen LogP contribution in [-0.2, 0) is 9.59 Å². The van der Waals surface area contributed by atoms with Gasteiger partial charge in [0.15, 0.2) is 0 Å². The predicted octanol–water partition coefficient (Wildman–Crippen LogP) is 0.591. The van der Waals surface area contributed by atoms with Gasteiger partial charge in [0.2, 0.25) is 11.8 Å². The van der Waals surface area contributed by atoms with Gasteiger partial charge in [-0.3, -0.25) is 9.59 Å². The van der Waals surface area contributed by atoms with E-state index in [1.165, 1.54) is 0 Å². The molecule has 1 heterocycles. The molecule has 1 aromatic rings. The van der Waals surface area contributed by atoms with E-state index in [2.05, 4.69) is 4.98 Å². The fraction of sp³-hybridized carbons (Fsp3) is 0.583. The lowest BCUT2D eigenvalue weighted by Gasteiger charge is -2.24. The van der Waals surface area contributed by atoms with Crippen molar-refractivity contribution in [1.29, 1.82) is 0 Å². The molecule has 6 heteroatoms. The maximum Gasteiger partial charge on any atom is 0.222 e. The van der Waals surface area contributed by atoms with Crippen LogP contribution in [0.4, 0.5) is 0 Å². The fourth-order valence-electron chi connectivity index (χ4n) is 2.19. The van der Waals surface area contributed by atoms with Crippen LogP contribution < -0.4 is 11.5 Å². The summed E-state index contributed by atoms with van der Waals surface area (Å²) in [5.41, 5.74) is 10.5. The summed E-state index contributed by atoms with van der Waals surface area (Å²) in [4.78, 5) is 26.2. The summed E-state index contributed by atoms with van der Waals surface area (Å²) in [5.74, 6) is -1.00. The molecule has 0 aromatic carbocycles. The van der Waals surface area contributed by atoms with Crippen molar-refractivity contribution < 1.29 is 9.59 Å². The van der Waals surface area contributed by atoms with Gasteiger partial charge >= 0.3 is 0 Å². The first-order valence-corrected chi connectivity index (χ1v) is 6.11. The summed E-state index contributed by atoms with van der Waals surface area (Å²) in [7, 11) is 0. The highest BCUT2D eigenvalue weighted by atomic mass is 16.1. The third kappa shape index (κ3) is 3.87. The Bertz CT molecular complexity index is 389. The lowest BCUT2D eigenvalue weighted by atomic mass is 9.91. The van der Waals surface area contributed by atoms with Crippen LogP contribution in [0, 0.1) is 5.92 Å². The number of amides is 2. The first-order chi connectivity index (χ1) is 8.56. The fourth-order valence-corrected chi connectivity index (χ4v) is 2.19. The Morgan fingerprint density at radius 2 is 2.11 bits per heavy atom. The van der Waals surface area contributed by atoms with E-state index < -0.39 is 0 Å². The topological polar surface area (TPSA) is 104 Å². The molecule has 1 rings (SSSR count). The lowest BCUT2D eigenvalue weighted by molar-refractivity contribution is -0.124. The molecule has 0 fully saturated rings. The third-order valence-corrected chi connectivity index (χ3v) is 3.09. The number of nitrogens with zero attached hydrogens (tertiary/aromatic N) is 2. The molecule has 1 aromatic heterocycles. The summed E-state index contributed by atoms with van der Waals surface area (Å²) in [6, 6.07) is -0.0159. The minimum atomic E-state index is -0.353. The Labute approximate surface area is 106 Å². The number of primary amides is 2. The first-order valence-electron chi connectivity index (χ1n) is 6.11. The molecule has 0 saturated carbocycles. The zero-order valence-electron chi connectivity index (χ0n) is 10.6. The second-order valence-electron chi connectivity index (χ2n) is 4.35. The molecule has 0 aliphatic carbocycles. The molecule has 4 N–H and O–H groups in total. The first kappa shape index (κ1) is 14.2. The van der Waals surface area contributed by atoms with Crippen LogP contribution in [0.1, 0.15) is 38.6 Å². The maximum absolute atomic E-state index is 11.5. The molecular weight excluding hydrogens is 232 g/mol. The summed E-state index contributed by atoms with van der Waals surface area (Å²) >= 11 is 0. The number of carbonyl (C=O) groups is 2. The highest BCUT2D eigenvalue weighted by molar-refractivity contribution is 5.77. The average Bonchev–Trinajstić information content (AvgIpc) is 2.81. The van der Waals surface area contributed by atoms with Crippen LogP contribution in [-0.4, -0.2) is 21.4 Å². The Hall–Kier alpha value is -1.85. The predicted molar refractivity (Wildman–Crippen MR) is 67.3 cm³/mol. The Kier molecular flexibility index (Phi) is 5.35. The molecule has 2 atom stereocenters. The molecule has 0 radical (unpaired) electrons. The summed E-state index contributed by atoms with van der Waals surface area (Å²) < 4.78 is 1.89. The van der Waals surface area contributed by atoms with Gasteiger partial charge in [0.25, 0.3) is 0 Å². The van der Waals surface area contributed by atoms with E-state index in [0.29, 0.717) is 12.8 Å². The summed E-state index contributed by atoms with van der Waals surface area (Å²) in [5, 5.41) is 0. The lowest BCUT2D eigenvalue weighted by Crippen LogP contribution is -2.31. The standard InChI is InChI=1S/C12H20N4O2/c1-2-10(16-7-6-15-8-16)9(12(14)18)4-3-5-11(13)17/h6-10H,2-5H2,1H3,(H2,13,17)(H2,14,18). The number of hydrogen-bond acceptors (Lipinski definition) is 3. The smallest absolute Gasteiger partial charge is 0.222 e. The van der Waals surface area contributed by atoms with E-state index in [1.807, 2.05) is 17.7 Å². The van der Waals surface area contributed by atoms with Crippen molar-refractivity contribution in [2.75, 3.05) is 0 Å². The highest BCUT2D eigenvalue weighted by Gasteiger charge is 2.26. The van der Waals surface area contributed by atoms with Crippen LogP contribution in [0.3, 0.4) is 0 Å². The zero-order valence-corrected chi connectivity index (χ0v) is 10.6. The van der Waals surface area contributed by atoms with E-state index in [1.54, 1.807) is 12.5 Å². The summed E-state index contributed by atoms with van der Waals surface area (Å²) in [6.45, 7) is 1.99. The molecule has 100 valence electrons. The number of carbonyl (C=O) groups excluding carboxylic acids is 2. The van der Waals surface area contributed by atoms with Gasteiger partial charge in [-0.05, 0) is 19.3 Å². The molecule has 18 heavy (non-hydrogen) atoms. The normalized spacial score (nSPS) is 14.1. The Balaban J connectivity index is 2.70.